The molecule has 1 heterocycles. The summed E-state index contributed by atoms with van der Waals surface area (Å²) >= 11 is 5.92. The number of aromatic amines is 1. The van der Waals surface area contributed by atoms with E-state index in [-0.39, 0.29) is 18.7 Å². The van der Waals surface area contributed by atoms with E-state index in [4.69, 9.17) is 16.3 Å². The normalized spacial score (nSPS) is 11.9. The molecule has 0 spiro atoms. The van der Waals surface area contributed by atoms with Gasteiger partial charge in [-0.25, -0.2) is 4.79 Å². The Morgan fingerprint density at radius 3 is 2.79 bits per heavy atom. The molecule has 3 N–H and O–H groups in total. The lowest BCUT2D eigenvalue weighted by atomic mass is 10.0. The number of halogens is 1. The third kappa shape index (κ3) is 5.51. The van der Waals surface area contributed by atoms with Gasteiger partial charge in [-0.15, -0.1) is 0 Å². The van der Waals surface area contributed by atoms with Crippen molar-refractivity contribution in [3.8, 4) is 5.75 Å². The molecule has 1 aromatic heterocycles. The molecule has 0 aliphatic rings. The van der Waals surface area contributed by atoms with Gasteiger partial charge in [0.05, 0.1) is 6.61 Å². The fourth-order valence-corrected chi connectivity index (χ4v) is 3.40. The number of hydrogen-bond acceptors (Lipinski definition) is 3. The molecule has 1 atom stereocenters. The number of para-hydroxylation sites is 1. The number of benzene rings is 2. The molecule has 3 rings (SSSR count). The Morgan fingerprint density at radius 1 is 1.24 bits per heavy atom. The van der Waals surface area contributed by atoms with Crippen molar-refractivity contribution in [2.45, 2.75) is 32.2 Å². The number of carboxylic acids is 1. The number of aliphatic carboxylic acids is 1. The van der Waals surface area contributed by atoms with Gasteiger partial charge in [-0.05, 0) is 48.7 Å². The van der Waals surface area contributed by atoms with E-state index in [0.717, 1.165) is 27.8 Å². The van der Waals surface area contributed by atoms with Crippen LogP contribution in [0, 0.1) is 6.92 Å². The predicted molar refractivity (Wildman–Crippen MR) is 112 cm³/mol. The third-order valence-corrected chi connectivity index (χ3v) is 4.91. The first-order valence-electron chi connectivity index (χ1n) is 9.40. The molecule has 2 aromatic carbocycles. The highest BCUT2D eigenvalue weighted by Gasteiger charge is 2.21. The highest BCUT2D eigenvalue weighted by atomic mass is 35.5. The Balaban J connectivity index is 1.50. The zero-order chi connectivity index (χ0) is 20.8. The summed E-state index contributed by atoms with van der Waals surface area (Å²) in [4.78, 5) is 27.0. The van der Waals surface area contributed by atoms with Crippen LogP contribution in [0.1, 0.15) is 24.0 Å². The van der Waals surface area contributed by atoms with Crippen molar-refractivity contribution in [2.75, 3.05) is 6.61 Å². The number of aryl methyl sites for hydroxylation is 1. The van der Waals surface area contributed by atoms with Gasteiger partial charge in [0, 0.05) is 35.0 Å². The van der Waals surface area contributed by atoms with E-state index in [2.05, 4.69) is 10.3 Å². The smallest absolute Gasteiger partial charge is 0.326 e. The van der Waals surface area contributed by atoms with Crippen LogP contribution in [-0.4, -0.2) is 34.6 Å². The molecule has 7 heteroatoms. The van der Waals surface area contributed by atoms with Gasteiger partial charge in [0.1, 0.15) is 11.8 Å². The van der Waals surface area contributed by atoms with Gasteiger partial charge in [0.15, 0.2) is 0 Å². The number of aromatic nitrogens is 1. The first kappa shape index (κ1) is 20.7. The molecule has 3 aromatic rings. The summed E-state index contributed by atoms with van der Waals surface area (Å²) in [5.41, 5.74) is 2.72. The predicted octanol–water partition coefficient (Wildman–Crippen LogP) is 4.10. The number of H-pyrrole nitrogens is 1. The second-order valence-corrected chi connectivity index (χ2v) is 7.32. The van der Waals surface area contributed by atoms with Crippen molar-refractivity contribution in [3.05, 3.63) is 64.8 Å². The van der Waals surface area contributed by atoms with Crippen molar-refractivity contribution in [2.24, 2.45) is 0 Å². The van der Waals surface area contributed by atoms with Crippen LogP contribution in [0.5, 0.6) is 5.75 Å². The molecule has 29 heavy (non-hydrogen) atoms. The average Bonchev–Trinajstić information content (AvgIpc) is 3.09. The fraction of sp³-hybridized carbons (Fsp3) is 0.273. The van der Waals surface area contributed by atoms with Crippen LogP contribution >= 0.6 is 11.6 Å². The lowest BCUT2D eigenvalue weighted by molar-refractivity contribution is -0.141. The zero-order valence-electron chi connectivity index (χ0n) is 16.1. The van der Waals surface area contributed by atoms with Gasteiger partial charge in [0.25, 0.3) is 0 Å². The second-order valence-electron chi connectivity index (χ2n) is 6.88. The van der Waals surface area contributed by atoms with Crippen molar-refractivity contribution in [3.63, 3.8) is 0 Å². The first-order valence-corrected chi connectivity index (χ1v) is 9.78. The first-order chi connectivity index (χ1) is 13.9. The third-order valence-electron chi connectivity index (χ3n) is 4.67. The summed E-state index contributed by atoms with van der Waals surface area (Å²) in [6.45, 7) is 2.26. The number of amides is 1. The summed E-state index contributed by atoms with van der Waals surface area (Å²) < 4.78 is 5.67. The maximum Gasteiger partial charge on any atom is 0.326 e. The van der Waals surface area contributed by atoms with E-state index in [9.17, 15) is 14.7 Å². The monoisotopic (exact) mass is 414 g/mol. The van der Waals surface area contributed by atoms with Gasteiger partial charge >= 0.3 is 5.97 Å². The van der Waals surface area contributed by atoms with Crippen LogP contribution in [0.3, 0.4) is 0 Å². The Morgan fingerprint density at radius 2 is 2.03 bits per heavy atom. The average molecular weight is 415 g/mol. The zero-order valence-corrected chi connectivity index (χ0v) is 16.8. The number of carbonyl (C=O) groups excluding carboxylic acids is 1. The van der Waals surface area contributed by atoms with Crippen molar-refractivity contribution >= 4 is 34.4 Å². The number of ether oxygens (including phenoxy) is 1. The van der Waals surface area contributed by atoms with Crippen LogP contribution < -0.4 is 10.1 Å². The highest BCUT2D eigenvalue weighted by molar-refractivity contribution is 6.30. The molecule has 152 valence electrons. The molecule has 0 aliphatic carbocycles. The molecule has 0 bridgehead atoms. The summed E-state index contributed by atoms with van der Waals surface area (Å²) in [5.74, 6) is -0.650. The number of hydrogen-bond donors (Lipinski definition) is 3. The van der Waals surface area contributed by atoms with E-state index in [1.165, 1.54) is 0 Å². The summed E-state index contributed by atoms with van der Waals surface area (Å²) in [5, 5.41) is 13.7. The maximum atomic E-state index is 12.2. The topological polar surface area (TPSA) is 91.4 Å². The quantitative estimate of drug-likeness (QED) is 0.460. The van der Waals surface area contributed by atoms with Crippen molar-refractivity contribution in [1.82, 2.24) is 10.3 Å². The molecule has 0 radical (unpaired) electrons. The van der Waals surface area contributed by atoms with Gasteiger partial charge in [-0.3, -0.25) is 4.79 Å². The van der Waals surface area contributed by atoms with E-state index in [0.29, 0.717) is 18.1 Å². The summed E-state index contributed by atoms with van der Waals surface area (Å²) in [6, 6.07) is 12.0. The number of rotatable bonds is 9. The molecule has 6 nitrogen and oxygen atoms in total. The van der Waals surface area contributed by atoms with Gasteiger partial charge in [0.2, 0.25) is 5.91 Å². The van der Waals surface area contributed by atoms with Crippen LogP contribution in [0.15, 0.2) is 48.7 Å². The lowest BCUT2D eigenvalue weighted by Crippen LogP contribution is -2.42. The second kappa shape index (κ2) is 9.47. The van der Waals surface area contributed by atoms with E-state index >= 15 is 0 Å². The SMILES string of the molecule is Cc1cc(Cl)ccc1OCCCC(=O)N[C@H](Cc1c[nH]c2ccccc12)C(=O)O. The van der Waals surface area contributed by atoms with Crippen LogP contribution in [0.4, 0.5) is 0 Å². The van der Waals surface area contributed by atoms with E-state index < -0.39 is 12.0 Å². The minimum absolute atomic E-state index is 0.185. The number of nitrogens with one attached hydrogen (secondary N) is 2. The molecule has 0 fully saturated rings. The van der Waals surface area contributed by atoms with Crippen LogP contribution in [0.25, 0.3) is 10.9 Å². The standard InChI is InChI=1S/C22H23ClN2O4/c1-14-11-16(23)8-9-20(14)29-10-4-7-21(26)25-19(22(27)28)12-15-13-24-18-6-3-2-5-17(15)18/h2-3,5-6,8-9,11,13,19,24H,4,7,10,12H2,1H3,(H,25,26)(H,27,28)/t19-/m1/s1. The largest absolute Gasteiger partial charge is 0.493 e. The Labute approximate surface area is 173 Å². The minimum Gasteiger partial charge on any atom is -0.493 e. The van der Waals surface area contributed by atoms with E-state index in [1.807, 2.05) is 37.3 Å². The number of fused-ring (bicyclic) bond motifs is 1. The molecule has 0 aliphatic heterocycles. The lowest BCUT2D eigenvalue weighted by Gasteiger charge is -2.14. The Bertz CT molecular complexity index is 1010. The highest BCUT2D eigenvalue weighted by Crippen LogP contribution is 2.22. The Hall–Kier alpha value is -2.99. The molecule has 0 saturated heterocycles. The molecular weight excluding hydrogens is 392 g/mol. The van der Waals surface area contributed by atoms with Crippen LogP contribution in [-0.2, 0) is 16.0 Å². The van der Waals surface area contributed by atoms with Crippen molar-refractivity contribution < 1.29 is 19.4 Å². The Kier molecular flexibility index (Phi) is 6.77. The summed E-state index contributed by atoms with van der Waals surface area (Å²) in [6.07, 6.45) is 2.66. The van der Waals surface area contributed by atoms with E-state index in [1.54, 1.807) is 18.3 Å². The molecule has 0 unspecified atom stereocenters. The van der Waals surface area contributed by atoms with Crippen LogP contribution in [0.2, 0.25) is 5.02 Å². The summed E-state index contributed by atoms with van der Waals surface area (Å²) in [7, 11) is 0. The molecule has 1 amide bonds. The van der Waals surface area contributed by atoms with Gasteiger partial charge in [-0.2, -0.15) is 0 Å². The molecular formula is C22H23ClN2O4. The van der Waals surface area contributed by atoms with Crippen molar-refractivity contribution in [1.29, 1.82) is 0 Å². The maximum absolute atomic E-state index is 12.2. The fourth-order valence-electron chi connectivity index (χ4n) is 3.18. The number of carboxylic acid groups (broad SMARTS) is 1. The van der Waals surface area contributed by atoms with Gasteiger partial charge < -0.3 is 20.1 Å². The van der Waals surface area contributed by atoms with Gasteiger partial charge in [-0.1, -0.05) is 29.8 Å². The minimum atomic E-state index is -1.06. The molecule has 0 saturated carbocycles. The number of carbonyl (C=O) groups is 2.